The number of benzene rings is 1. The molecule has 2 fully saturated rings. The number of alkyl carbamates (subject to hydrolysis) is 1. The lowest BCUT2D eigenvalue weighted by Gasteiger charge is -2.37. The van der Waals surface area contributed by atoms with Gasteiger partial charge < -0.3 is 24.3 Å². The molecular formula is C27H41N3O5. The Balaban J connectivity index is 1.41. The number of aliphatic imine (C=N–C) groups is 1. The van der Waals surface area contributed by atoms with Crippen LogP contribution in [0.3, 0.4) is 0 Å². The molecule has 0 spiro atoms. The van der Waals surface area contributed by atoms with Crippen LogP contribution in [0.4, 0.5) is 4.79 Å². The molecule has 0 radical (unpaired) electrons. The van der Waals surface area contributed by atoms with Crippen molar-refractivity contribution in [3.8, 4) is 11.5 Å². The maximum Gasteiger partial charge on any atom is 0.407 e. The van der Waals surface area contributed by atoms with E-state index in [9.17, 15) is 4.79 Å². The fourth-order valence-corrected chi connectivity index (χ4v) is 4.98. The lowest BCUT2D eigenvalue weighted by atomic mass is 9.91. The fourth-order valence-electron chi connectivity index (χ4n) is 4.98. The molecule has 1 saturated heterocycles. The van der Waals surface area contributed by atoms with Gasteiger partial charge in [-0.3, -0.25) is 4.90 Å². The third-order valence-electron chi connectivity index (χ3n) is 6.84. The molecule has 0 unspecified atom stereocenters. The van der Waals surface area contributed by atoms with Crippen LogP contribution in [0.2, 0.25) is 0 Å². The molecule has 1 aromatic carbocycles. The monoisotopic (exact) mass is 487 g/mol. The number of nitrogens with one attached hydrogen (secondary N) is 1. The first-order valence-corrected chi connectivity index (χ1v) is 12.8. The van der Waals surface area contributed by atoms with Gasteiger partial charge in [-0.15, -0.1) is 0 Å². The minimum Gasteiger partial charge on any atom is -0.493 e. The standard InChI is InChI=1S/C27H41N3O5/c1-4-28-15-7-8-16-29-27(31)35-22-13-17-30(20-22)23-9-5-6-10-24(23)34-18-14-21-11-12-25(32-2)26(19-21)33-3/h11-12,19,22-24H,1,5-10,13-18,20H2,2-3H3,(H,29,31)/t22-,23-,24-/m1/s1. The highest BCUT2D eigenvalue weighted by Gasteiger charge is 2.36. The van der Waals surface area contributed by atoms with E-state index in [1.54, 1.807) is 14.2 Å². The molecule has 1 saturated carbocycles. The highest BCUT2D eigenvalue weighted by atomic mass is 16.6. The molecule has 0 aromatic heterocycles. The van der Waals surface area contributed by atoms with Gasteiger partial charge in [0.05, 0.1) is 26.9 Å². The number of carbonyl (C=O) groups is 1. The van der Waals surface area contributed by atoms with Gasteiger partial charge >= 0.3 is 6.09 Å². The van der Waals surface area contributed by atoms with Crippen LogP contribution in [-0.2, 0) is 15.9 Å². The van der Waals surface area contributed by atoms with E-state index in [1.165, 1.54) is 18.4 Å². The molecule has 0 bridgehead atoms. The van der Waals surface area contributed by atoms with Crippen molar-refractivity contribution in [2.45, 2.75) is 69.6 Å². The lowest BCUT2D eigenvalue weighted by molar-refractivity contribution is -0.0319. The summed E-state index contributed by atoms with van der Waals surface area (Å²) in [6, 6.07) is 6.40. The highest BCUT2D eigenvalue weighted by Crippen LogP contribution is 2.30. The van der Waals surface area contributed by atoms with Gasteiger partial charge in [0, 0.05) is 32.2 Å². The molecule has 1 aliphatic heterocycles. The molecule has 35 heavy (non-hydrogen) atoms. The summed E-state index contributed by atoms with van der Waals surface area (Å²) in [5.74, 6) is 4.00. The maximum absolute atomic E-state index is 12.2. The van der Waals surface area contributed by atoms with Crippen molar-refractivity contribution in [2.24, 2.45) is 4.99 Å². The third kappa shape index (κ3) is 8.57. The number of carbonyl (C=O) groups excluding carboxylic acids is 1. The van der Waals surface area contributed by atoms with Crippen LogP contribution < -0.4 is 14.8 Å². The van der Waals surface area contributed by atoms with E-state index in [1.807, 2.05) is 12.1 Å². The summed E-state index contributed by atoms with van der Waals surface area (Å²) in [5.41, 5.74) is 1.17. The van der Waals surface area contributed by atoms with Crippen molar-refractivity contribution in [1.29, 1.82) is 0 Å². The van der Waals surface area contributed by atoms with Gasteiger partial charge in [0.15, 0.2) is 11.5 Å². The Kier molecular flexibility index (Phi) is 11.4. The summed E-state index contributed by atoms with van der Waals surface area (Å²) in [6.45, 7) is 7.13. The Hall–Kier alpha value is -2.54. The van der Waals surface area contributed by atoms with Gasteiger partial charge in [0.2, 0.25) is 0 Å². The summed E-state index contributed by atoms with van der Waals surface area (Å²) in [7, 11) is 3.30. The highest BCUT2D eigenvalue weighted by molar-refractivity contribution is 5.67. The van der Waals surface area contributed by atoms with Gasteiger partial charge in [-0.05, 0) is 68.7 Å². The second-order valence-electron chi connectivity index (χ2n) is 9.19. The van der Waals surface area contributed by atoms with E-state index in [4.69, 9.17) is 18.9 Å². The second-order valence-corrected chi connectivity index (χ2v) is 9.19. The van der Waals surface area contributed by atoms with E-state index >= 15 is 0 Å². The molecule has 1 aromatic rings. The molecule has 1 heterocycles. The molecule has 8 nitrogen and oxygen atoms in total. The topological polar surface area (TPSA) is 81.6 Å². The summed E-state index contributed by atoms with van der Waals surface area (Å²) < 4.78 is 22.8. The number of rotatable bonds is 13. The molecule has 3 rings (SSSR count). The lowest BCUT2D eigenvalue weighted by Crippen LogP contribution is -2.46. The van der Waals surface area contributed by atoms with Crippen LogP contribution >= 0.6 is 0 Å². The van der Waals surface area contributed by atoms with E-state index in [-0.39, 0.29) is 18.3 Å². The first-order valence-electron chi connectivity index (χ1n) is 12.8. The van der Waals surface area contributed by atoms with Crippen molar-refractivity contribution in [1.82, 2.24) is 10.2 Å². The maximum atomic E-state index is 12.2. The number of ether oxygens (including phenoxy) is 4. The van der Waals surface area contributed by atoms with Crippen molar-refractivity contribution in [2.75, 3.05) is 47.0 Å². The number of methoxy groups -OCH3 is 2. The van der Waals surface area contributed by atoms with Crippen molar-refractivity contribution >= 4 is 12.0 Å². The molecule has 8 heteroatoms. The first kappa shape index (κ1) is 27.1. The smallest absolute Gasteiger partial charge is 0.407 e. The van der Waals surface area contributed by atoms with E-state index in [0.717, 1.165) is 63.1 Å². The van der Waals surface area contributed by atoms with Gasteiger partial charge in [-0.1, -0.05) is 18.9 Å². The number of hydrogen-bond donors (Lipinski definition) is 1. The normalized spacial score (nSPS) is 22.3. The van der Waals surface area contributed by atoms with Crippen molar-refractivity contribution in [3.63, 3.8) is 0 Å². The molecule has 194 valence electrons. The Bertz CT molecular complexity index is 842. The van der Waals surface area contributed by atoms with Crippen LogP contribution in [0, 0.1) is 0 Å². The summed E-state index contributed by atoms with van der Waals surface area (Å²) in [6.07, 6.45) is 7.93. The Morgan fingerprint density at radius 1 is 1.17 bits per heavy atom. The van der Waals surface area contributed by atoms with E-state index in [0.29, 0.717) is 25.7 Å². The Labute approximate surface area is 209 Å². The van der Waals surface area contributed by atoms with Gasteiger partial charge in [-0.25, -0.2) is 9.79 Å². The molecule has 1 aliphatic carbocycles. The summed E-state index contributed by atoms with van der Waals surface area (Å²) in [5, 5.41) is 2.85. The minimum atomic E-state index is -0.324. The average Bonchev–Trinajstić information content (AvgIpc) is 3.34. The molecular weight excluding hydrogens is 446 g/mol. The SMILES string of the molecule is C=C=NCCCCNC(=O)O[C@@H]1CCN([C@@H]2CCCC[C@H]2OCCc2ccc(OC)c(OC)c2)C1. The summed E-state index contributed by atoms with van der Waals surface area (Å²) in [4.78, 5) is 18.6. The Morgan fingerprint density at radius 3 is 2.80 bits per heavy atom. The van der Waals surface area contributed by atoms with Crippen molar-refractivity contribution in [3.05, 3.63) is 30.3 Å². The average molecular weight is 488 g/mol. The molecule has 1 amide bonds. The van der Waals surface area contributed by atoms with Gasteiger partial charge in [-0.2, -0.15) is 0 Å². The van der Waals surface area contributed by atoms with Crippen molar-refractivity contribution < 1.29 is 23.7 Å². The zero-order valence-electron chi connectivity index (χ0n) is 21.3. The van der Waals surface area contributed by atoms with Crippen LogP contribution in [0.5, 0.6) is 11.5 Å². The summed E-state index contributed by atoms with van der Waals surface area (Å²) >= 11 is 0. The zero-order valence-corrected chi connectivity index (χ0v) is 21.3. The molecule has 3 atom stereocenters. The number of likely N-dealkylation sites (tertiary alicyclic amines) is 1. The van der Waals surface area contributed by atoms with Crippen LogP contribution in [0.1, 0.15) is 50.5 Å². The van der Waals surface area contributed by atoms with Crippen LogP contribution in [0.15, 0.2) is 29.8 Å². The predicted molar refractivity (Wildman–Crippen MR) is 137 cm³/mol. The minimum absolute atomic E-state index is 0.0605. The quantitative estimate of drug-likeness (QED) is 0.334. The Morgan fingerprint density at radius 2 is 2.00 bits per heavy atom. The zero-order chi connectivity index (χ0) is 24.9. The second kappa shape index (κ2) is 14.8. The number of hydrogen-bond acceptors (Lipinski definition) is 7. The van der Waals surface area contributed by atoms with E-state index < -0.39 is 0 Å². The molecule has 2 aliphatic rings. The first-order chi connectivity index (χ1) is 17.1. The van der Waals surface area contributed by atoms with Gasteiger partial charge in [0.25, 0.3) is 0 Å². The number of nitrogens with zero attached hydrogens (tertiary/aromatic N) is 2. The fraction of sp³-hybridized carbons (Fsp3) is 0.667. The third-order valence-corrected chi connectivity index (χ3v) is 6.84. The van der Waals surface area contributed by atoms with E-state index in [2.05, 4.69) is 33.7 Å². The van der Waals surface area contributed by atoms with Gasteiger partial charge in [0.1, 0.15) is 6.10 Å². The molecule has 1 N–H and O–H groups in total. The number of amides is 1. The van der Waals surface area contributed by atoms with Crippen LogP contribution in [-0.4, -0.2) is 82.1 Å². The predicted octanol–water partition coefficient (Wildman–Crippen LogP) is 4.01. The number of unbranched alkanes of at least 4 members (excludes halogenated alkanes) is 1. The van der Waals surface area contributed by atoms with Crippen LogP contribution in [0.25, 0.3) is 0 Å². The largest absolute Gasteiger partial charge is 0.493 e.